The zero-order valence-electron chi connectivity index (χ0n) is 18.6. The van der Waals surface area contributed by atoms with Gasteiger partial charge in [0.1, 0.15) is 5.03 Å². The van der Waals surface area contributed by atoms with Gasteiger partial charge in [-0.2, -0.15) is 0 Å². The standard InChI is InChI=1S/C24H26N4O4S/c1-3-12-28(14-21(29)26-18-9-5-4-8-17(18)2)23(30)15-32-24(31)16-33-22-13-25-19-10-6-7-11-20(19)27-22/h4-11,13H,3,12,14-16H2,1-2H3,(H,26,29). The van der Waals surface area contributed by atoms with E-state index >= 15 is 0 Å². The summed E-state index contributed by atoms with van der Waals surface area (Å²) in [6, 6.07) is 14.9. The van der Waals surface area contributed by atoms with Crippen LogP contribution < -0.4 is 5.32 Å². The number of aromatic nitrogens is 2. The molecule has 1 N–H and O–H groups in total. The quantitative estimate of drug-likeness (QED) is 0.361. The number of hydrogen-bond acceptors (Lipinski definition) is 7. The molecule has 0 saturated carbocycles. The first kappa shape index (κ1) is 24.2. The van der Waals surface area contributed by atoms with Crippen LogP contribution in [-0.4, -0.2) is 58.1 Å². The molecule has 33 heavy (non-hydrogen) atoms. The van der Waals surface area contributed by atoms with Crippen LogP contribution in [-0.2, 0) is 19.1 Å². The summed E-state index contributed by atoms with van der Waals surface area (Å²) in [5.41, 5.74) is 3.15. The molecule has 9 heteroatoms. The summed E-state index contributed by atoms with van der Waals surface area (Å²) in [6.07, 6.45) is 2.27. The van der Waals surface area contributed by atoms with E-state index < -0.39 is 18.5 Å². The number of aryl methyl sites for hydroxylation is 1. The molecule has 2 amide bonds. The second kappa shape index (κ2) is 12.0. The number of fused-ring (bicyclic) bond motifs is 1. The first-order valence-electron chi connectivity index (χ1n) is 10.6. The summed E-state index contributed by atoms with van der Waals surface area (Å²) in [4.78, 5) is 47.2. The van der Waals surface area contributed by atoms with Crippen molar-refractivity contribution in [3.63, 3.8) is 0 Å². The number of para-hydroxylation sites is 3. The predicted molar refractivity (Wildman–Crippen MR) is 128 cm³/mol. The Morgan fingerprint density at radius 1 is 1.06 bits per heavy atom. The van der Waals surface area contributed by atoms with Gasteiger partial charge >= 0.3 is 5.97 Å². The normalized spacial score (nSPS) is 10.6. The maximum atomic E-state index is 12.6. The topological polar surface area (TPSA) is 101 Å². The van der Waals surface area contributed by atoms with E-state index in [1.807, 2.05) is 56.3 Å². The fraction of sp³-hybridized carbons (Fsp3) is 0.292. The molecule has 2 aromatic carbocycles. The predicted octanol–water partition coefficient (Wildman–Crippen LogP) is 3.45. The van der Waals surface area contributed by atoms with Gasteiger partial charge in [-0.1, -0.05) is 49.0 Å². The molecule has 0 unspecified atom stereocenters. The number of carbonyl (C=O) groups excluding carboxylic acids is 3. The molecule has 0 aliphatic rings. The van der Waals surface area contributed by atoms with Crippen molar-refractivity contribution in [3.8, 4) is 0 Å². The van der Waals surface area contributed by atoms with Crippen LogP contribution in [0.15, 0.2) is 59.8 Å². The van der Waals surface area contributed by atoms with E-state index in [2.05, 4.69) is 15.3 Å². The minimum absolute atomic E-state index is 0.00183. The van der Waals surface area contributed by atoms with Crippen LogP contribution in [0.25, 0.3) is 11.0 Å². The Hall–Kier alpha value is -3.46. The highest BCUT2D eigenvalue weighted by atomic mass is 32.2. The van der Waals surface area contributed by atoms with Crippen molar-refractivity contribution in [1.82, 2.24) is 14.9 Å². The van der Waals surface area contributed by atoms with Crippen LogP contribution in [0.4, 0.5) is 5.69 Å². The minimum atomic E-state index is -0.538. The average Bonchev–Trinajstić information content (AvgIpc) is 2.82. The zero-order valence-corrected chi connectivity index (χ0v) is 19.4. The third-order valence-electron chi connectivity index (χ3n) is 4.72. The van der Waals surface area contributed by atoms with Gasteiger partial charge in [-0.25, -0.2) is 4.98 Å². The Morgan fingerprint density at radius 2 is 1.79 bits per heavy atom. The van der Waals surface area contributed by atoms with E-state index in [1.165, 1.54) is 16.7 Å². The summed E-state index contributed by atoms with van der Waals surface area (Å²) in [7, 11) is 0. The number of esters is 1. The van der Waals surface area contributed by atoms with Crippen molar-refractivity contribution >= 4 is 46.3 Å². The Balaban J connectivity index is 1.47. The molecule has 172 valence electrons. The molecule has 1 aromatic heterocycles. The number of rotatable bonds is 10. The Morgan fingerprint density at radius 3 is 2.55 bits per heavy atom. The minimum Gasteiger partial charge on any atom is -0.455 e. The van der Waals surface area contributed by atoms with Crippen molar-refractivity contribution in [2.45, 2.75) is 25.3 Å². The van der Waals surface area contributed by atoms with Crippen molar-refractivity contribution in [3.05, 3.63) is 60.3 Å². The third-order valence-corrected chi connectivity index (χ3v) is 5.59. The van der Waals surface area contributed by atoms with E-state index in [-0.39, 0.29) is 18.2 Å². The van der Waals surface area contributed by atoms with Gasteiger partial charge in [0.05, 0.1) is 29.5 Å². The highest BCUT2D eigenvalue weighted by Crippen LogP contribution is 2.18. The van der Waals surface area contributed by atoms with Crippen LogP contribution in [0.1, 0.15) is 18.9 Å². The van der Waals surface area contributed by atoms with Crippen LogP contribution in [0, 0.1) is 6.92 Å². The maximum absolute atomic E-state index is 12.6. The molecule has 0 radical (unpaired) electrons. The SMILES string of the molecule is CCCN(CC(=O)Nc1ccccc1C)C(=O)COC(=O)CSc1cnc2ccccc2n1. The average molecular weight is 467 g/mol. The number of benzene rings is 2. The lowest BCUT2D eigenvalue weighted by molar-refractivity contribution is -0.150. The molecule has 3 rings (SSSR count). The Labute approximate surface area is 196 Å². The largest absolute Gasteiger partial charge is 0.455 e. The van der Waals surface area contributed by atoms with Gasteiger partial charge < -0.3 is 15.0 Å². The molecule has 0 aliphatic heterocycles. The van der Waals surface area contributed by atoms with Crippen molar-refractivity contribution in [2.75, 3.05) is 30.8 Å². The van der Waals surface area contributed by atoms with E-state index in [4.69, 9.17) is 4.74 Å². The molecule has 0 aliphatic carbocycles. The number of ether oxygens (including phenoxy) is 1. The molecule has 0 bridgehead atoms. The van der Waals surface area contributed by atoms with Gasteiger partial charge in [-0.15, -0.1) is 0 Å². The second-order valence-electron chi connectivity index (χ2n) is 7.32. The third kappa shape index (κ3) is 7.28. The number of thioether (sulfide) groups is 1. The number of nitrogens with one attached hydrogen (secondary N) is 1. The van der Waals surface area contributed by atoms with Crippen LogP contribution in [0.2, 0.25) is 0 Å². The molecular formula is C24H26N4O4S. The summed E-state index contributed by atoms with van der Waals surface area (Å²) >= 11 is 1.19. The van der Waals surface area contributed by atoms with Gasteiger partial charge in [0.25, 0.3) is 5.91 Å². The number of carbonyl (C=O) groups is 3. The molecule has 0 fully saturated rings. The highest BCUT2D eigenvalue weighted by Gasteiger charge is 2.19. The van der Waals surface area contributed by atoms with E-state index in [0.29, 0.717) is 23.7 Å². The summed E-state index contributed by atoms with van der Waals surface area (Å²) in [5.74, 6) is -1.26. The van der Waals surface area contributed by atoms with Crippen LogP contribution in [0.3, 0.4) is 0 Å². The molecule has 0 saturated heterocycles. The van der Waals surface area contributed by atoms with Crippen LogP contribution >= 0.6 is 11.8 Å². The molecule has 1 heterocycles. The van der Waals surface area contributed by atoms with Crippen LogP contribution in [0.5, 0.6) is 0 Å². The smallest absolute Gasteiger partial charge is 0.316 e. The van der Waals surface area contributed by atoms with E-state index in [9.17, 15) is 14.4 Å². The monoisotopic (exact) mass is 466 g/mol. The van der Waals surface area contributed by atoms with E-state index in [1.54, 1.807) is 12.3 Å². The van der Waals surface area contributed by atoms with Crippen molar-refractivity contribution in [1.29, 1.82) is 0 Å². The molecule has 3 aromatic rings. The number of hydrogen-bond donors (Lipinski definition) is 1. The first-order chi connectivity index (χ1) is 16.0. The lowest BCUT2D eigenvalue weighted by atomic mass is 10.2. The Kier molecular flexibility index (Phi) is 8.77. The maximum Gasteiger partial charge on any atom is 0.316 e. The summed E-state index contributed by atoms with van der Waals surface area (Å²) < 4.78 is 5.13. The highest BCUT2D eigenvalue weighted by molar-refractivity contribution is 7.99. The van der Waals surface area contributed by atoms with E-state index in [0.717, 1.165) is 16.6 Å². The number of nitrogens with zero attached hydrogens (tertiary/aromatic N) is 3. The first-order valence-corrected chi connectivity index (χ1v) is 11.6. The molecule has 0 atom stereocenters. The fourth-order valence-electron chi connectivity index (χ4n) is 3.06. The lowest BCUT2D eigenvalue weighted by Crippen LogP contribution is -2.41. The van der Waals surface area contributed by atoms with Crippen molar-refractivity contribution in [2.24, 2.45) is 0 Å². The molecular weight excluding hydrogens is 440 g/mol. The number of amides is 2. The van der Waals surface area contributed by atoms with Gasteiger partial charge in [0, 0.05) is 12.2 Å². The molecule has 0 spiro atoms. The molecule has 8 nitrogen and oxygen atoms in total. The summed E-state index contributed by atoms with van der Waals surface area (Å²) in [5, 5.41) is 3.41. The summed E-state index contributed by atoms with van der Waals surface area (Å²) in [6.45, 7) is 3.66. The van der Waals surface area contributed by atoms with Gasteiger partial charge in [-0.05, 0) is 37.1 Å². The van der Waals surface area contributed by atoms with Gasteiger partial charge in [-0.3, -0.25) is 19.4 Å². The lowest BCUT2D eigenvalue weighted by Gasteiger charge is -2.21. The Bertz CT molecular complexity index is 1140. The van der Waals surface area contributed by atoms with Crippen molar-refractivity contribution < 1.29 is 19.1 Å². The van der Waals surface area contributed by atoms with Gasteiger partial charge in [0.15, 0.2) is 6.61 Å². The number of anilines is 1. The zero-order chi connectivity index (χ0) is 23.6. The van der Waals surface area contributed by atoms with Gasteiger partial charge in [0.2, 0.25) is 5.91 Å². The fourth-order valence-corrected chi connectivity index (χ4v) is 3.70. The second-order valence-corrected chi connectivity index (χ2v) is 8.32.